The predicted molar refractivity (Wildman–Crippen MR) is 133 cm³/mol. The summed E-state index contributed by atoms with van der Waals surface area (Å²) in [4.78, 5) is 53.4. The molecule has 0 aromatic heterocycles. The molecule has 1 aliphatic heterocycles. The van der Waals surface area contributed by atoms with Crippen LogP contribution in [0.3, 0.4) is 0 Å². The fourth-order valence-corrected chi connectivity index (χ4v) is 4.44. The van der Waals surface area contributed by atoms with E-state index in [0.29, 0.717) is 11.4 Å². The molecule has 9 nitrogen and oxygen atoms in total. The summed E-state index contributed by atoms with van der Waals surface area (Å²) >= 11 is 5.93. The maximum absolute atomic E-state index is 13.8. The van der Waals surface area contributed by atoms with Crippen LogP contribution in [0.2, 0.25) is 5.02 Å². The number of rotatable bonds is 7. The molecule has 3 aromatic carbocycles. The minimum atomic E-state index is -1.11. The molecule has 2 atom stereocenters. The Bertz CT molecular complexity index is 1330. The molecular formula is C26H22ClN3O6. The van der Waals surface area contributed by atoms with Crippen molar-refractivity contribution in [2.75, 3.05) is 12.0 Å². The first kappa shape index (κ1) is 24.9. The van der Waals surface area contributed by atoms with Crippen LogP contribution in [-0.2, 0) is 9.59 Å². The molecule has 3 amide bonds. The number of halogens is 1. The SMILES string of the molecule is COc1ccc(N2C(=O)CC(N(C(=O)c3ccc(Cl)c([N+](=O)[O-])c3)C(C)c3ccccc3)C2=O)cc1. The second-order valence-corrected chi connectivity index (χ2v) is 8.61. The van der Waals surface area contributed by atoms with Gasteiger partial charge in [0.2, 0.25) is 5.91 Å². The number of hydrogen-bond acceptors (Lipinski definition) is 6. The van der Waals surface area contributed by atoms with E-state index in [-0.39, 0.29) is 17.0 Å². The molecule has 0 saturated carbocycles. The Kier molecular flexibility index (Phi) is 7.03. The zero-order valence-electron chi connectivity index (χ0n) is 19.5. The normalized spacial score (nSPS) is 16.1. The minimum absolute atomic E-state index is 0.0166. The van der Waals surface area contributed by atoms with E-state index in [1.54, 1.807) is 55.5 Å². The summed E-state index contributed by atoms with van der Waals surface area (Å²) in [5.74, 6) is -1.10. The zero-order chi connectivity index (χ0) is 26.0. The van der Waals surface area contributed by atoms with Gasteiger partial charge in [0.05, 0.1) is 30.2 Å². The lowest BCUT2D eigenvalue weighted by Crippen LogP contribution is -2.46. The topological polar surface area (TPSA) is 110 Å². The number of carbonyl (C=O) groups excluding carboxylic acids is 3. The summed E-state index contributed by atoms with van der Waals surface area (Å²) in [6, 6.07) is 17.4. The van der Waals surface area contributed by atoms with E-state index in [1.807, 2.05) is 6.07 Å². The third kappa shape index (κ3) is 4.65. The van der Waals surface area contributed by atoms with Gasteiger partial charge < -0.3 is 9.64 Å². The van der Waals surface area contributed by atoms with Gasteiger partial charge in [-0.2, -0.15) is 0 Å². The number of anilines is 1. The predicted octanol–water partition coefficient (Wildman–Crippen LogP) is 4.79. The van der Waals surface area contributed by atoms with E-state index < -0.39 is 40.4 Å². The van der Waals surface area contributed by atoms with Crippen LogP contribution in [-0.4, -0.2) is 40.7 Å². The molecule has 0 spiro atoms. The van der Waals surface area contributed by atoms with E-state index in [4.69, 9.17) is 16.3 Å². The van der Waals surface area contributed by atoms with Gasteiger partial charge in [0.25, 0.3) is 17.5 Å². The number of nitrogens with zero attached hydrogens (tertiary/aromatic N) is 3. The monoisotopic (exact) mass is 507 g/mol. The molecule has 1 fully saturated rings. The fraction of sp³-hybridized carbons (Fsp3) is 0.192. The number of ether oxygens (including phenoxy) is 1. The van der Waals surface area contributed by atoms with Gasteiger partial charge in [0.15, 0.2) is 0 Å². The van der Waals surface area contributed by atoms with E-state index in [9.17, 15) is 24.5 Å². The first-order valence-corrected chi connectivity index (χ1v) is 11.4. The number of methoxy groups -OCH3 is 1. The van der Waals surface area contributed by atoms with Crippen LogP contribution in [0.25, 0.3) is 0 Å². The molecule has 1 saturated heterocycles. The van der Waals surface area contributed by atoms with Crippen molar-refractivity contribution in [3.05, 3.63) is 99.1 Å². The molecule has 2 unspecified atom stereocenters. The van der Waals surface area contributed by atoms with Crippen molar-refractivity contribution in [2.24, 2.45) is 0 Å². The van der Waals surface area contributed by atoms with Crippen LogP contribution >= 0.6 is 11.6 Å². The Morgan fingerprint density at radius 3 is 2.39 bits per heavy atom. The van der Waals surface area contributed by atoms with Gasteiger partial charge in [-0.15, -0.1) is 0 Å². The zero-order valence-corrected chi connectivity index (χ0v) is 20.2. The van der Waals surface area contributed by atoms with Gasteiger partial charge in [-0.3, -0.25) is 24.5 Å². The highest BCUT2D eigenvalue weighted by Crippen LogP contribution is 2.34. The molecule has 1 heterocycles. The summed E-state index contributed by atoms with van der Waals surface area (Å²) in [6.45, 7) is 1.74. The molecule has 4 rings (SSSR count). The van der Waals surface area contributed by atoms with Crippen molar-refractivity contribution in [3.8, 4) is 5.75 Å². The van der Waals surface area contributed by atoms with Crippen LogP contribution in [0.15, 0.2) is 72.8 Å². The molecule has 1 aliphatic rings. The van der Waals surface area contributed by atoms with Crippen LogP contribution in [0.1, 0.15) is 35.3 Å². The average molecular weight is 508 g/mol. The second kappa shape index (κ2) is 10.2. The largest absolute Gasteiger partial charge is 0.497 e. The van der Waals surface area contributed by atoms with Gasteiger partial charge in [0, 0.05) is 11.6 Å². The molecule has 0 aliphatic carbocycles. The lowest BCUT2D eigenvalue weighted by atomic mass is 10.0. The number of nitro groups is 1. The van der Waals surface area contributed by atoms with Crippen molar-refractivity contribution in [1.29, 1.82) is 0 Å². The second-order valence-electron chi connectivity index (χ2n) is 8.21. The van der Waals surface area contributed by atoms with Crippen molar-refractivity contribution in [1.82, 2.24) is 4.90 Å². The van der Waals surface area contributed by atoms with Crippen molar-refractivity contribution >= 4 is 40.7 Å². The van der Waals surface area contributed by atoms with E-state index in [0.717, 1.165) is 16.5 Å². The first-order valence-electron chi connectivity index (χ1n) is 11.0. The van der Waals surface area contributed by atoms with E-state index in [1.165, 1.54) is 24.1 Å². The number of nitro benzene ring substituents is 1. The summed E-state index contributed by atoms with van der Waals surface area (Å²) in [5, 5.41) is 11.3. The van der Waals surface area contributed by atoms with Gasteiger partial charge in [-0.1, -0.05) is 41.9 Å². The summed E-state index contributed by atoms with van der Waals surface area (Å²) in [6.07, 6.45) is -0.233. The van der Waals surface area contributed by atoms with Crippen LogP contribution in [0, 0.1) is 10.1 Å². The minimum Gasteiger partial charge on any atom is -0.497 e. The molecule has 0 bridgehead atoms. The maximum Gasteiger partial charge on any atom is 0.288 e. The van der Waals surface area contributed by atoms with Crippen LogP contribution < -0.4 is 9.64 Å². The number of carbonyl (C=O) groups is 3. The molecular weight excluding hydrogens is 486 g/mol. The third-order valence-corrected chi connectivity index (χ3v) is 6.43. The average Bonchev–Trinajstić information content (AvgIpc) is 3.17. The molecule has 184 valence electrons. The van der Waals surface area contributed by atoms with Gasteiger partial charge >= 0.3 is 0 Å². The summed E-state index contributed by atoms with van der Waals surface area (Å²) in [7, 11) is 1.51. The highest BCUT2D eigenvalue weighted by atomic mass is 35.5. The van der Waals surface area contributed by atoms with Crippen molar-refractivity contribution < 1.29 is 24.0 Å². The standard InChI is InChI=1S/C26H22ClN3O6/c1-16(17-6-4-3-5-7-17)28(25(32)18-8-13-21(27)22(14-18)30(34)35)23-15-24(31)29(26(23)33)19-9-11-20(36-2)12-10-19/h3-14,16,23H,15H2,1-2H3. The van der Waals surface area contributed by atoms with E-state index in [2.05, 4.69) is 0 Å². The Morgan fingerprint density at radius 2 is 1.78 bits per heavy atom. The highest BCUT2D eigenvalue weighted by Gasteiger charge is 2.46. The Balaban J connectivity index is 1.75. The quantitative estimate of drug-likeness (QED) is 0.258. The number of amides is 3. The molecule has 36 heavy (non-hydrogen) atoms. The lowest BCUT2D eigenvalue weighted by Gasteiger charge is -2.33. The molecule has 0 radical (unpaired) electrons. The van der Waals surface area contributed by atoms with Gasteiger partial charge in [-0.05, 0) is 48.9 Å². The lowest BCUT2D eigenvalue weighted by molar-refractivity contribution is -0.384. The number of benzene rings is 3. The molecule has 3 aromatic rings. The highest BCUT2D eigenvalue weighted by molar-refractivity contribution is 6.32. The van der Waals surface area contributed by atoms with E-state index >= 15 is 0 Å². The van der Waals surface area contributed by atoms with Gasteiger partial charge in [0.1, 0.15) is 16.8 Å². The first-order chi connectivity index (χ1) is 17.2. The third-order valence-electron chi connectivity index (χ3n) is 6.11. The van der Waals surface area contributed by atoms with Crippen LogP contribution in [0.5, 0.6) is 5.75 Å². The fourth-order valence-electron chi connectivity index (χ4n) is 4.25. The Labute approximate surface area is 212 Å². The van der Waals surface area contributed by atoms with Crippen molar-refractivity contribution in [2.45, 2.75) is 25.4 Å². The number of hydrogen-bond donors (Lipinski definition) is 0. The molecule has 10 heteroatoms. The van der Waals surface area contributed by atoms with Crippen molar-refractivity contribution in [3.63, 3.8) is 0 Å². The Hall–Kier alpha value is -4.24. The summed E-state index contributed by atoms with van der Waals surface area (Å²) in [5.41, 5.74) is 0.646. The van der Waals surface area contributed by atoms with Gasteiger partial charge in [-0.25, -0.2) is 4.90 Å². The smallest absolute Gasteiger partial charge is 0.288 e. The summed E-state index contributed by atoms with van der Waals surface area (Å²) < 4.78 is 5.14. The van der Waals surface area contributed by atoms with Crippen LogP contribution in [0.4, 0.5) is 11.4 Å². The molecule has 0 N–H and O–H groups in total. The Morgan fingerprint density at radius 1 is 1.11 bits per heavy atom. The maximum atomic E-state index is 13.8. The number of imide groups is 1.